The number of aromatic nitrogens is 3. The van der Waals surface area contributed by atoms with E-state index in [0.717, 1.165) is 18.4 Å². The van der Waals surface area contributed by atoms with Crippen molar-refractivity contribution in [3.63, 3.8) is 0 Å². The maximum absolute atomic E-state index is 14.6. The standard InChI is InChI=1S/C34H37F2N5O3S/c1-5-20-6-10-24(44-4)13-29(20)41-30(12-19(2)3)25(33(42)40-16-22-8-9-23(17-40)38-22)14-26(34(41)43)32-39-28(18-45-32)21-7-11-27(31(35)36)37-15-21/h6-7,10-11,13-15,18-19,22-23,31,38H,5,8-9,12,16-17H2,1-4H3/t22-,23+. The van der Waals surface area contributed by atoms with Gasteiger partial charge in [-0.2, -0.15) is 0 Å². The Labute approximate surface area is 265 Å². The van der Waals surface area contributed by atoms with Crippen LogP contribution in [0.1, 0.15) is 67.3 Å². The van der Waals surface area contributed by atoms with E-state index in [9.17, 15) is 18.4 Å². The fourth-order valence-corrected chi connectivity index (χ4v) is 7.20. The summed E-state index contributed by atoms with van der Waals surface area (Å²) in [5, 5.41) is 5.81. The first-order valence-corrected chi connectivity index (χ1v) is 16.3. The van der Waals surface area contributed by atoms with Gasteiger partial charge in [-0.05, 0) is 61.4 Å². The molecule has 236 valence electrons. The summed E-state index contributed by atoms with van der Waals surface area (Å²) in [6, 6.07) is 10.8. The van der Waals surface area contributed by atoms with E-state index in [1.807, 2.05) is 30.0 Å². The normalized spacial score (nSPS) is 17.8. The molecule has 1 N–H and O–H groups in total. The van der Waals surface area contributed by atoms with Crippen molar-refractivity contribution in [3.05, 3.63) is 80.8 Å². The monoisotopic (exact) mass is 633 g/mol. The number of rotatable bonds is 9. The number of methoxy groups -OCH3 is 1. The van der Waals surface area contributed by atoms with Gasteiger partial charge in [-0.25, -0.2) is 13.8 Å². The smallest absolute Gasteiger partial charge is 0.280 e. The summed E-state index contributed by atoms with van der Waals surface area (Å²) >= 11 is 1.27. The summed E-state index contributed by atoms with van der Waals surface area (Å²) in [4.78, 5) is 39.6. The van der Waals surface area contributed by atoms with Crippen molar-refractivity contribution >= 4 is 17.2 Å². The number of thiazole rings is 1. The third-order valence-corrected chi connectivity index (χ3v) is 9.47. The van der Waals surface area contributed by atoms with Crippen LogP contribution in [0.15, 0.2) is 52.8 Å². The molecular formula is C34H37F2N5O3S. The Balaban J connectivity index is 1.55. The summed E-state index contributed by atoms with van der Waals surface area (Å²) in [5.74, 6) is 0.680. The van der Waals surface area contributed by atoms with Crippen LogP contribution in [0.25, 0.3) is 27.5 Å². The van der Waals surface area contributed by atoms with E-state index in [-0.39, 0.29) is 35.2 Å². The number of aryl methyl sites for hydroxylation is 1. The van der Waals surface area contributed by atoms with Crippen LogP contribution in [-0.4, -0.2) is 57.6 Å². The topological polar surface area (TPSA) is 89.3 Å². The number of nitrogens with one attached hydrogen (secondary N) is 1. The van der Waals surface area contributed by atoms with Crippen LogP contribution in [0, 0.1) is 5.92 Å². The minimum absolute atomic E-state index is 0.0939. The lowest BCUT2D eigenvalue weighted by Crippen LogP contribution is -2.53. The Morgan fingerprint density at radius 1 is 1.13 bits per heavy atom. The maximum atomic E-state index is 14.6. The Morgan fingerprint density at radius 3 is 2.51 bits per heavy atom. The van der Waals surface area contributed by atoms with Crippen LogP contribution in [0.3, 0.4) is 0 Å². The minimum Gasteiger partial charge on any atom is -0.497 e. The summed E-state index contributed by atoms with van der Waals surface area (Å²) in [7, 11) is 1.59. The third kappa shape index (κ3) is 6.15. The number of amides is 1. The first-order valence-electron chi connectivity index (χ1n) is 15.4. The summed E-state index contributed by atoms with van der Waals surface area (Å²) in [6.45, 7) is 7.43. The van der Waals surface area contributed by atoms with Crippen molar-refractivity contribution in [2.24, 2.45) is 5.92 Å². The van der Waals surface area contributed by atoms with Crippen molar-refractivity contribution in [2.45, 2.75) is 65.0 Å². The molecule has 0 spiro atoms. The largest absolute Gasteiger partial charge is 0.497 e. The Kier molecular flexibility index (Phi) is 8.83. The number of nitrogens with zero attached hydrogens (tertiary/aromatic N) is 4. The van der Waals surface area contributed by atoms with E-state index < -0.39 is 6.43 Å². The number of hydrogen-bond donors (Lipinski definition) is 1. The number of carbonyl (C=O) groups is 1. The average molecular weight is 634 g/mol. The Bertz CT molecular complexity index is 1760. The lowest BCUT2D eigenvalue weighted by Gasteiger charge is -2.34. The molecule has 11 heteroatoms. The average Bonchev–Trinajstić information content (AvgIpc) is 3.66. The fourth-order valence-electron chi connectivity index (χ4n) is 6.36. The summed E-state index contributed by atoms with van der Waals surface area (Å²) in [6.07, 6.45) is 1.96. The van der Waals surface area contributed by atoms with Gasteiger partial charge in [0.15, 0.2) is 0 Å². The molecule has 1 amide bonds. The molecule has 0 saturated carbocycles. The van der Waals surface area contributed by atoms with Gasteiger partial charge >= 0.3 is 0 Å². The van der Waals surface area contributed by atoms with Crippen molar-refractivity contribution in [1.29, 1.82) is 0 Å². The highest BCUT2D eigenvalue weighted by atomic mass is 32.1. The van der Waals surface area contributed by atoms with Gasteiger partial charge in [0.05, 0.1) is 29.6 Å². The molecule has 0 unspecified atom stereocenters. The Hall–Kier alpha value is -3.96. The molecule has 8 nitrogen and oxygen atoms in total. The maximum Gasteiger partial charge on any atom is 0.280 e. The quantitative estimate of drug-likeness (QED) is 0.233. The van der Waals surface area contributed by atoms with Crippen LogP contribution < -0.4 is 15.6 Å². The van der Waals surface area contributed by atoms with Crippen LogP contribution in [0.2, 0.25) is 0 Å². The van der Waals surface area contributed by atoms with Crippen LogP contribution in [-0.2, 0) is 12.8 Å². The Morgan fingerprint density at radius 2 is 1.89 bits per heavy atom. The second-order valence-electron chi connectivity index (χ2n) is 12.2. The number of pyridine rings is 2. The number of carbonyl (C=O) groups excluding carboxylic acids is 1. The zero-order valence-electron chi connectivity index (χ0n) is 25.8. The van der Waals surface area contributed by atoms with E-state index in [1.165, 1.54) is 23.6 Å². The summed E-state index contributed by atoms with van der Waals surface area (Å²) < 4.78 is 33.4. The van der Waals surface area contributed by atoms with E-state index in [4.69, 9.17) is 9.72 Å². The van der Waals surface area contributed by atoms with Gasteiger partial charge in [0.2, 0.25) is 0 Å². The second-order valence-corrected chi connectivity index (χ2v) is 13.0. The molecule has 5 heterocycles. The molecule has 2 fully saturated rings. The fraction of sp³-hybridized carbons (Fsp3) is 0.412. The SMILES string of the molecule is CCc1ccc(OC)cc1-n1c(CC(C)C)c(C(=O)N2C[C@H]3CC[C@@H](C2)N3)cc(-c2nc(-c3ccc(C(F)F)nc3)cs2)c1=O. The zero-order valence-corrected chi connectivity index (χ0v) is 26.7. The van der Waals surface area contributed by atoms with Crippen LogP contribution in [0.4, 0.5) is 8.78 Å². The highest BCUT2D eigenvalue weighted by molar-refractivity contribution is 7.13. The molecule has 0 radical (unpaired) electrons. The minimum atomic E-state index is -2.67. The van der Waals surface area contributed by atoms with Gasteiger partial charge in [0, 0.05) is 54.1 Å². The molecule has 6 rings (SSSR count). The van der Waals surface area contributed by atoms with Gasteiger partial charge in [0.25, 0.3) is 17.9 Å². The highest BCUT2D eigenvalue weighted by Gasteiger charge is 2.36. The van der Waals surface area contributed by atoms with Gasteiger partial charge in [-0.15, -0.1) is 11.3 Å². The van der Waals surface area contributed by atoms with Gasteiger partial charge in [0.1, 0.15) is 16.5 Å². The van der Waals surface area contributed by atoms with Crippen molar-refractivity contribution in [2.75, 3.05) is 20.2 Å². The van der Waals surface area contributed by atoms with E-state index >= 15 is 0 Å². The molecule has 3 aromatic heterocycles. The van der Waals surface area contributed by atoms with E-state index in [1.54, 1.807) is 29.2 Å². The van der Waals surface area contributed by atoms with E-state index in [0.29, 0.717) is 70.5 Å². The van der Waals surface area contributed by atoms with Crippen molar-refractivity contribution in [1.82, 2.24) is 24.8 Å². The number of halogens is 2. The number of likely N-dealkylation sites (tertiary alicyclic amines) is 1. The molecule has 2 aliphatic heterocycles. The van der Waals surface area contributed by atoms with Crippen molar-refractivity contribution in [3.8, 4) is 33.3 Å². The molecule has 1 aromatic carbocycles. The first kappa shape index (κ1) is 31.0. The zero-order chi connectivity index (χ0) is 31.8. The third-order valence-electron chi connectivity index (χ3n) is 8.59. The number of fused-ring (bicyclic) bond motifs is 2. The number of ether oxygens (including phenoxy) is 1. The van der Waals surface area contributed by atoms with Gasteiger partial charge in [-0.3, -0.25) is 19.1 Å². The number of hydrogen-bond acceptors (Lipinski definition) is 7. The summed E-state index contributed by atoms with van der Waals surface area (Å²) in [5.41, 5.74) is 3.58. The lowest BCUT2D eigenvalue weighted by atomic mass is 9.98. The van der Waals surface area contributed by atoms with Crippen LogP contribution in [0.5, 0.6) is 5.75 Å². The number of piperazine rings is 1. The molecule has 0 aliphatic carbocycles. The molecule has 2 saturated heterocycles. The molecule has 45 heavy (non-hydrogen) atoms. The second kappa shape index (κ2) is 12.8. The van der Waals surface area contributed by atoms with Gasteiger partial charge in [-0.1, -0.05) is 26.8 Å². The van der Waals surface area contributed by atoms with Crippen LogP contribution >= 0.6 is 11.3 Å². The molecular weight excluding hydrogens is 596 g/mol. The predicted octanol–water partition coefficient (Wildman–Crippen LogP) is 6.31. The van der Waals surface area contributed by atoms with Gasteiger partial charge < -0.3 is 15.0 Å². The van der Waals surface area contributed by atoms with Crippen molar-refractivity contribution < 1.29 is 18.3 Å². The van der Waals surface area contributed by atoms with E-state index in [2.05, 4.69) is 24.1 Å². The molecule has 2 aliphatic rings. The highest BCUT2D eigenvalue weighted by Crippen LogP contribution is 2.33. The lowest BCUT2D eigenvalue weighted by molar-refractivity contribution is 0.0695. The predicted molar refractivity (Wildman–Crippen MR) is 172 cm³/mol. The number of alkyl halides is 2. The molecule has 4 aromatic rings. The molecule has 2 atom stereocenters. The number of benzene rings is 1. The first-order chi connectivity index (χ1) is 21.7. The molecule has 2 bridgehead atoms.